The van der Waals surface area contributed by atoms with Crippen molar-refractivity contribution in [2.45, 2.75) is 206 Å². The average molecular weight is 788 g/mol. The van der Waals surface area contributed by atoms with E-state index in [9.17, 15) is 23.8 Å². The molecule has 0 bridgehead atoms. The number of aliphatic carboxylic acids is 1. The summed E-state index contributed by atoms with van der Waals surface area (Å²) in [5, 5.41) is 8.88. The maximum Gasteiger partial charge on any atom is 0.472 e. The summed E-state index contributed by atoms with van der Waals surface area (Å²) in [5.41, 5.74) is 5.33. The van der Waals surface area contributed by atoms with Crippen LogP contribution >= 0.6 is 7.82 Å². The van der Waals surface area contributed by atoms with Crippen molar-refractivity contribution in [2.24, 2.45) is 5.73 Å². The first-order valence-electron chi connectivity index (χ1n) is 21.4. The van der Waals surface area contributed by atoms with Crippen molar-refractivity contribution in [1.29, 1.82) is 0 Å². The van der Waals surface area contributed by atoms with E-state index < -0.39 is 51.1 Å². The Morgan fingerprint density at radius 1 is 0.556 bits per heavy atom. The Morgan fingerprint density at radius 2 is 0.926 bits per heavy atom. The Hall–Kier alpha value is -2.04. The minimum Gasteiger partial charge on any atom is -0.480 e. The van der Waals surface area contributed by atoms with Crippen LogP contribution in [0.5, 0.6) is 0 Å². The van der Waals surface area contributed by atoms with E-state index in [1.54, 1.807) is 0 Å². The number of allylic oxidation sites excluding steroid dienone is 4. The molecule has 3 atom stereocenters. The number of unbranched alkanes of at least 4 members (excludes halogenated alkanes) is 22. The van der Waals surface area contributed by atoms with Crippen LogP contribution in [0.3, 0.4) is 0 Å². The third-order valence-electron chi connectivity index (χ3n) is 9.17. The monoisotopic (exact) mass is 788 g/mol. The highest BCUT2D eigenvalue weighted by Gasteiger charge is 2.28. The van der Waals surface area contributed by atoms with Crippen LogP contribution in [0.25, 0.3) is 0 Å². The summed E-state index contributed by atoms with van der Waals surface area (Å²) in [6, 6.07) is -1.52. The number of nitrogens with two attached hydrogens (primary N) is 1. The van der Waals surface area contributed by atoms with Crippen LogP contribution in [-0.2, 0) is 37.5 Å². The maximum atomic E-state index is 12.6. The largest absolute Gasteiger partial charge is 0.480 e. The number of esters is 2. The lowest BCUT2D eigenvalue weighted by atomic mass is 10.1. The van der Waals surface area contributed by atoms with Crippen LogP contribution in [0.4, 0.5) is 0 Å². The summed E-state index contributed by atoms with van der Waals surface area (Å²) in [4.78, 5) is 45.9. The molecule has 0 saturated heterocycles. The van der Waals surface area contributed by atoms with E-state index in [-0.39, 0.29) is 19.4 Å². The molecule has 0 amide bonds. The van der Waals surface area contributed by atoms with Crippen LogP contribution in [-0.4, -0.2) is 59.9 Å². The maximum absolute atomic E-state index is 12.6. The first-order chi connectivity index (χ1) is 26.1. The number of carboxylic acid groups (broad SMARTS) is 1. The molecule has 0 aromatic carbocycles. The molecule has 0 fully saturated rings. The molecule has 0 saturated carbocycles. The Balaban J connectivity index is 4.40. The van der Waals surface area contributed by atoms with Gasteiger partial charge in [-0.25, -0.2) is 4.57 Å². The van der Waals surface area contributed by atoms with Gasteiger partial charge in [0.2, 0.25) is 0 Å². The molecule has 316 valence electrons. The van der Waals surface area contributed by atoms with Gasteiger partial charge in [-0.05, 0) is 64.2 Å². The molecule has 12 heteroatoms. The number of hydrogen-bond donors (Lipinski definition) is 3. The van der Waals surface area contributed by atoms with E-state index in [4.69, 9.17) is 24.8 Å². The molecule has 0 aromatic heterocycles. The highest BCUT2D eigenvalue weighted by molar-refractivity contribution is 7.47. The highest BCUT2D eigenvalue weighted by Crippen LogP contribution is 2.43. The second-order valence-corrected chi connectivity index (χ2v) is 15.9. The van der Waals surface area contributed by atoms with Gasteiger partial charge in [-0.2, -0.15) is 0 Å². The van der Waals surface area contributed by atoms with E-state index in [2.05, 4.69) is 42.7 Å². The number of carbonyl (C=O) groups is 3. The van der Waals surface area contributed by atoms with Gasteiger partial charge in [-0.1, -0.05) is 141 Å². The Labute approximate surface area is 328 Å². The molecule has 0 aliphatic heterocycles. The Bertz CT molecular complexity index is 1020. The van der Waals surface area contributed by atoms with Gasteiger partial charge in [0, 0.05) is 12.8 Å². The number of hydrogen-bond acceptors (Lipinski definition) is 9. The lowest BCUT2D eigenvalue weighted by molar-refractivity contribution is -0.161. The quantitative estimate of drug-likeness (QED) is 0.0233. The van der Waals surface area contributed by atoms with Gasteiger partial charge in [0.1, 0.15) is 12.6 Å². The number of carbonyl (C=O) groups excluding carboxylic acids is 2. The summed E-state index contributed by atoms with van der Waals surface area (Å²) >= 11 is 0. The van der Waals surface area contributed by atoms with Crippen molar-refractivity contribution in [2.75, 3.05) is 19.8 Å². The molecule has 0 rings (SSSR count). The fourth-order valence-electron chi connectivity index (χ4n) is 5.76. The molecule has 4 N–H and O–H groups in total. The van der Waals surface area contributed by atoms with Gasteiger partial charge >= 0.3 is 25.7 Å². The summed E-state index contributed by atoms with van der Waals surface area (Å²) < 4.78 is 32.6. The van der Waals surface area contributed by atoms with Gasteiger partial charge in [0.25, 0.3) is 0 Å². The van der Waals surface area contributed by atoms with Crippen molar-refractivity contribution in [1.82, 2.24) is 0 Å². The minimum absolute atomic E-state index is 0.151. The minimum atomic E-state index is -4.71. The number of ether oxygens (including phenoxy) is 2. The predicted molar refractivity (Wildman–Crippen MR) is 217 cm³/mol. The van der Waals surface area contributed by atoms with E-state index in [0.717, 1.165) is 77.0 Å². The summed E-state index contributed by atoms with van der Waals surface area (Å²) in [7, 11) is -4.71. The molecular weight excluding hydrogens is 709 g/mol. The van der Waals surface area contributed by atoms with Gasteiger partial charge < -0.3 is 25.2 Å². The zero-order valence-corrected chi connectivity index (χ0v) is 35.0. The smallest absolute Gasteiger partial charge is 0.472 e. The SMILES string of the molecule is CCCCCCCC/C=C\CCCCCCCC(=O)OCC(COP(=O)(O)OCC(N)C(=O)O)OC(=O)CCCCCCC/C=C\CCCCCCCC. The molecule has 0 heterocycles. The lowest BCUT2D eigenvalue weighted by Crippen LogP contribution is -2.34. The molecule has 0 aliphatic carbocycles. The van der Waals surface area contributed by atoms with Crippen LogP contribution in [0.1, 0.15) is 194 Å². The summed E-state index contributed by atoms with van der Waals surface area (Å²) in [5.74, 6) is -2.39. The average Bonchev–Trinajstić information content (AvgIpc) is 3.14. The second kappa shape index (κ2) is 37.9. The fourth-order valence-corrected chi connectivity index (χ4v) is 6.54. The molecule has 11 nitrogen and oxygen atoms in total. The van der Waals surface area contributed by atoms with E-state index in [1.807, 2.05) is 0 Å². The second-order valence-electron chi connectivity index (χ2n) is 14.5. The van der Waals surface area contributed by atoms with Crippen LogP contribution in [0.15, 0.2) is 24.3 Å². The molecule has 0 spiro atoms. The van der Waals surface area contributed by atoms with Crippen LogP contribution in [0.2, 0.25) is 0 Å². The number of carboxylic acids is 1. The van der Waals surface area contributed by atoms with Gasteiger partial charge in [0.05, 0.1) is 13.2 Å². The zero-order valence-electron chi connectivity index (χ0n) is 34.1. The van der Waals surface area contributed by atoms with E-state index in [1.165, 1.54) is 77.0 Å². The molecule has 0 radical (unpaired) electrons. The molecule has 0 aliphatic rings. The van der Waals surface area contributed by atoms with Crippen molar-refractivity contribution in [3.8, 4) is 0 Å². The Morgan fingerprint density at radius 3 is 1.35 bits per heavy atom. The van der Waals surface area contributed by atoms with Crippen LogP contribution in [0, 0.1) is 0 Å². The predicted octanol–water partition coefficient (Wildman–Crippen LogP) is 11.1. The number of phosphoric acid groups is 1. The van der Waals surface area contributed by atoms with Gasteiger partial charge in [0.15, 0.2) is 6.10 Å². The molecule has 3 unspecified atom stereocenters. The van der Waals surface area contributed by atoms with Gasteiger partial charge in [-0.3, -0.25) is 23.4 Å². The fraction of sp³-hybridized carbons (Fsp3) is 0.833. The van der Waals surface area contributed by atoms with Crippen molar-refractivity contribution in [3.05, 3.63) is 24.3 Å². The van der Waals surface area contributed by atoms with Crippen molar-refractivity contribution < 1.29 is 47.5 Å². The van der Waals surface area contributed by atoms with Gasteiger partial charge in [-0.15, -0.1) is 0 Å². The molecular formula is C42H78NO10P. The van der Waals surface area contributed by atoms with Crippen molar-refractivity contribution >= 4 is 25.7 Å². The van der Waals surface area contributed by atoms with Crippen molar-refractivity contribution in [3.63, 3.8) is 0 Å². The third-order valence-corrected chi connectivity index (χ3v) is 10.1. The normalized spacial score (nSPS) is 14.0. The number of rotatable bonds is 40. The van der Waals surface area contributed by atoms with E-state index >= 15 is 0 Å². The lowest BCUT2D eigenvalue weighted by Gasteiger charge is -2.20. The first kappa shape index (κ1) is 52.0. The topological polar surface area (TPSA) is 172 Å². The first-order valence-corrected chi connectivity index (χ1v) is 22.9. The third kappa shape index (κ3) is 36.9. The summed E-state index contributed by atoms with van der Waals surface area (Å²) in [6.45, 7) is 2.78. The Kier molecular flexibility index (Phi) is 36.4. The van der Waals surface area contributed by atoms with E-state index in [0.29, 0.717) is 12.8 Å². The summed E-state index contributed by atoms with van der Waals surface area (Å²) in [6.07, 6.45) is 38.1. The molecule has 0 aromatic rings. The van der Waals surface area contributed by atoms with Crippen LogP contribution < -0.4 is 5.73 Å². The number of phosphoric ester groups is 1. The molecule has 54 heavy (non-hydrogen) atoms. The highest BCUT2D eigenvalue weighted by atomic mass is 31.2. The zero-order chi connectivity index (χ0) is 40.0. The standard InChI is InChI=1S/C42H78NO10P/c1-3-5-7-9-11-13-15-17-19-21-23-25-27-29-31-33-40(44)50-35-38(36-51-54(48,49)52-37-39(43)42(46)47)53-41(45)34-32-30-28-26-24-22-20-18-16-14-12-10-8-6-4-2/h17-20,38-39H,3-16,21-37,43H2,1-2H3,(H,46,47)(H,48,49)/b19-17-,20-18-.